The fourth-order valence-electron chi connectivity index (χ4n) is 2.36. The van der Waals surface area contributed by atoms with E-state index in [0.29, 0.717) is 11.8 Å². The van der Waals surface area contributed by atoms with Crippen molar-refractivity contribution in [3.63, 3.8) is 0 Å². The normalized spacial score (nSPS) is 14.9. The summed E-state index contributed by atoms with van der Waals surface area (Å²) in [7, 11) is 4.01. The van der Waals surface area contributed by atoms with Gasteiger partial charge in [0.05, 0.1) is 0 Å². The monoisotopic (exact) mass is 354 g/mol. The zero-order valence-corrected chi connectivity index (χ0v) is 18.1. The van der Waals surface area contributed by atoms with E-state index in [1.165, 1.54) is 5.57 Å². The van der Waals surface area contributed by atoms with Crippen molar-refractivity contribution >= 4 is 6.21 Å². The maximum atomic E-state index is 4.01. The number of nitrogens with zero attached hydrogens (tertiary/aromatic N) is 1. The zero-order valence-electron chi connectivity index (χ0n) is 18.1. The lowest BCUT2D eigenvalue weighted by molar-refractivity contribution is -0.458. The van der Waals surface area contributed by atoms with E-state index < -0.39 is 0 Å². The van der Waals surface area contributed by atoms with Crippen LogP contribution in [0.25, 0.3) is 0 Å². The summed E-state index contributed by atoms with van der Waals surface area (Å²) in [5, 5.41) is 0. The third-order valence-corrected chi connectivity index (χ3v) is 3.91. The van der Waals surface area contributed by atoms with Crippen LogP contribution >= 0.6 is 0 Å². The molecule has 2 unspecified atom stereocenters. The molecule has 1 heteroatoms. The number of hydrogen-bond donors (Lipinski definition) is 0. The molecule has 0 radical (unpaired) electrons. The Morgan fingerprint density at radius 2 is 1.69 bits per heavy atom. The molecule has 0 aromatic rings. The maximum Gasteiger partial charge on any atom is 0.163 e. The molecule has 26 heavy (non-hydrogen) atoms. The zero-order chi connectivity index (χ0) is 20.4. The van der Waals surface area contributed by atoms with Crippen molar-refractivity contribution < 1.29 is 4.58 Å². The van der Waals surface area contributed by atoms with Gasteiger partial charge in [-0.15, -0.1) is 6.58 Å². The Hall–Kier alpha value is -2.15. The molecule has 0 fully saturated rings. The summed E-state index contributed by atoms with van der Waals surface area (Å²) in [5.74, 6) is 0.907. The van der Waals surface area contributed by atoms with Crippen LogP contribution in [-0.4, -0.2) is 24.9 Å². The molecule has 0 saturated carbocycles. The van der Waals surface area contributed by atoms with Crippen molar-refractivity contribution in [2.24, 2.45) is 11.8 Å². The van der Waals surface area contributed by atoms with Crippen molar-refractivity contribution in [1.29, 1.82) is 0 Å². The average molecular weight is 355 g/mol. The van der Waals surface area contributed by atoms with Gasteiger partial charge in [-0.3, -0.25) is 0 Å². The Bertz CT molecular complexity index is 561. The number of rotatable bonds is 10. The Labute approximate surface area is 163 Å². The molecule has 0 saturated heterocycles. The van der Waals surface area contributed by atoms with Crippen molar-refractivity contribution in [2.45, 2.75) is 41.0 Å². The first kappa shape index (κ1) is 26.1. The Morgan fingerprint density at radius 3 is 2.15 bits per heavy atom. The van der Waals surface area contributed by atoms with Crippen LogP contribution in [0.15, 0.2) is 85.1 Å². The second kappa shape index (κ2) is 17.7. The van der Waals surface area contributed by atoms with Gasteiger partial charge in [0.15, 0.2) is 6.21 Å². The van der Waals surface area contributed by atoms with Gasteiger partial charge < -0.3 is 0 Å². The third-order valence-electron chi connectivity index (χ3n) is 3.91. The van der Waals surface area contributed by atoms with Crippen molar-refractivity contribution in [3.05, 3.63) is 85.1 Å². The van der Waals surface area contributed by atoms with E-state index in [2.05, 4.69) is 82.5 Å². The minimum absolute atomic E-state index is 0.438. The SMILES string of the molecule is C=CC(/C=C/C=C/CC(C=C)C(C)C(/C=C\C)=C/C)=C\C=[N+](C)C.CC. The molecule has 0 aliphatic rings. The van der Waals surface area contributed by atoms with E-state index >= 15 is 0 Å². The average Bonchev–Trinajstić information content (AvgIpc) is 2.66. The summed E-state index contributed by atoms with van der Waals surface area (Å²) >= 11 is 0. The smallest absolute Gasteiger partial charge is 0.163 e. The lowest BCUT2D eigenvalue weighted by atomic mass is 9.84. The van der Waals surface area contributed by atoms with Crippen LogP contribution in [0.5, 0.6) is 0 Å². The van der Waals surface area contributed by atoms with E-state index in [4.69, 9.17) is 0 Å². The Morgan fingerprint density at radius 1 is 1.04 bits per heavy atom. The minimum atomic E-state index is 0.438. The van der Waals surface area contributed by atoms with E-state index in [1.807, 2.05) is 50.9 Å². The molecular formula is C25H40N+. The summed E-state index contributed by atoms with van der Waals surface area (Å²) in [6.45, 7) is 18.3. The Kier molecular flexibility index (Phi) is 17.7. The van der Waals surface area contributed by atoms with Crippen LogP contribution in [0.1, 0.15) is 41.0 Å². The number of allylic oxidation sites excluding steroid dienone is 12. The van der Waals surface area contributed by atoms with Crippen LogP contribution in [0.2, 0.25) is 0 Å². The largest absolute Gasteiger partial charge is 0.241 e. The summed E-state index contributed by atoms with van der Waals surface area (Å²) in [6.07, 6.45) is 23.9. The molecule has 0 N–H and O–H groups in total. The van der Waals surface area contributed by atoms with Crippen LogP contribution < -0.4 is 0 Å². The molecule has 0 aliphatic heterocycles. The molecular weight excluding hydrogens is 314 g/mol. The van der Waals surface area contributed by atoms with Gasteiger partial charge in [-0.05, 0) is 43.3 Å². The predicted octanol–water partition coefficient (Wildman–Crippen LogP) is 6.93. The topological polar surface area (TPSA) is 3.01 Å². The van der Waals surface area contributed by atoms with Crippen LogP contribution in [0, 0.1) is 11.8 Å². The molecule has 1 nitrogen and oxygen atoms in total. The van der Waals surface area contributed by atoms with Gasteiger partial charge in [-0.1, -0.05) is 82.0 Å². The van der Waals surface area contributed by atoms with Crippen molar-refractivity contribution in [3.8, 4) is 0 Å². The van der Waals surface area contributed by atoms with Crippen LogP contribution in [0.4, 0.5) is 0 Å². The highest BCUT2D eigenvalue weighted by atomic mass is 14.9. The maximum absolute atomic E-state index is 4.01. The van der Waals surface area contributed by atoms with Crippen molar-refractivity contribution in [2.75, 3.05) is 14.1 Å². The predicted molar refractivity (Wildman–Crippen MR) is 122 cm³/mol. The van der Waals surface area contributed by atoms with Gasteiger partial charge in [-0.2, -0.15) is 0 Å². The van der Waals surface area contributed by atoms with Crippen LogP contribution in [0.3, 0.4) is 0 Å². The molecule has 0 rings (SSSR count). The Balaban J connectivity index is 0. The summed E-state index contributed by atoms with van der Waals surface area (Å²) in [4.78, 5) is 0. The van der Waals surface area contributed by atoms with Gasteiger partial charge in [0.1, 0.15) is 14.1 Å². The molecule has 2 atom stereocenters. The molecule has 0 spiro atoms. The van der Waals surface area contributed by atoms with Crippen molar-refractivity contribution in [1.82, 2.24) is 0 Å². The highest BCUT2D eigenvalue weighted by Crippen LogP contribution is 2.25. The quantitative estimate of drug-likeness (QED) is 0.173. The molecule has 0 aromatic carbocycles. The van der Waals surface area contributed by atoms with E-state index in [-0.39, 0.29) is 0 Å². The minimum Gasteiger partial charge on any atom is -0.241 e. The van der Waals surface area contributed by atoms with E-state index in [0.717, 1.165) is 12.0 Å². The fourth-order valence-corrected chi connectivity index (χ4v) is 2.36. The molecule has 0 bridgehead atoms. The molecule has 144 valence electrons. The fraction of sp³-hybridized carbons (Fsp3) is 0.400. The summed E-state index contributed by atoms with van der Waals surface area (Å²) in [6, 6.07) is 0. The van der Waals surface area contributed by atoms with Gasteiger partial charge in [-0.25, -0.2) is 4.58 Å². The highest BCUT2D eigenvalue weighted by molar-refractivity contribution is 5.69. The first-order valence-corrected chi connectivity index (χ1v) is 9.58. The van der Waals surface area contributed by atoms with Gasteiger partial charge in [0, 0.05) is 6.08 Å². The van der Waals surface area contributed by atoms with Gasteiger partial charge in [0.2, 0.25) is 0 Å². The van der Waals surface area contributed by atoms with E-state index in [9.17, 15) is 0 Å². The summed E-state index contributed by atoms with van der Waals surface area (Å²) in [5.41, 5.74) is 2.45. The molecule has 0 aliphatic carbocycles. The first-order valence-electron chi connectivity index (χ1n) is 9.58. The summed E-state index contributed by atoms with van der Waals surface area (Å²) < 4.78 is 2.01. The number of hydrogen-bond acceptors (Lipinski definition) is 0. The second-order valence-electron chi connectivity index (χ2n) is 5.98. The lowest BCUT2D eigenvalue weighted by Gasteiger charge is -2.20. The molecule has 0 aromatic heterocycles. The lowest BCUT2D eigenvalue weighted by Crippen LogP contribution is -2.10. The van der Waals surface area contributed by atoms with E-state index in [1.54, 1.807) is 0 Å². The van der Waals surface area contributed by atoms with Gasteiger partial charge in [0.25, 0.3) is 0 Å². The highest BCUT2D eigenvalue weighted by Gasteiger charge is 2.14. The second-order valence-corrected chi connectivity index (χ2v) is 5.98. The molecule has 0 amide bonds. The van der Waals surface area contributed by atoms with Crippen LogP contribution in [-0.2, 0) is 0 Å². The first-order chi connectivity index (χ1) is 12.5. The van der Waals surface area contributed by atoms with Gasteiger partial charge >= 0.3 is 0 Å². The standard InChI is InChI=1S/C23H34N.C2H6/c1-8-15-22(10-3)20(5)23(11-4)17-14-12-13-16-21(9-2)18-19-24(6)7;1-2/h8-16,18-20,23H,2,4,17H2,1,3,5-7H3;1-2H3/q+1;/b14-12+,15-8-,16-13+,21-18+,22-10+;. The molecule has 0 heterocycles. The third kappa shape index (κ3) is 12.2.